The molecule has 1 unspecified atom stereocenters. The minimum absolute atomic E-state index is 0.331. The highest BCUT2D eigenvalue weighted by molar-refractivity contribution is 8.00. The number of thioether (sulfide) groups is 1. The zero-order valence-electron chi connectivity index (χ0n) is 7.90. The van der Waals surface area contributed by atoms with Gasteiger partial charge in [0.1, 0.15) is 11.3 Å². The number of nitriles is 1. The molecule has 3 nitrogen and oxygen atoms in total. The highest BCUT2D eigenvalue weighted by atomic mass is 35.5. The number of aliphatic carboxylic acids is 1. The average Bonchev–Trinajstić information content (AvgIpc) is 2.18. The Morgan fingerprint density at radius 2 is 2.33 bits per heavy atom. The summed E-state index contributed by atoms with van der Waals surface area (Å²) in [6.07, 6.45) is 0. The number of hydrogen-bond donors (Lipinski definition) is 1. The molecule has 5 heteroatoms. The lowest BCUT2D eigenvalue weighted by atomic mass is 10.2. The molecule has 0 radical (unpaired) electrons. The van der Waals surface area contributed by atoms with E-state index in [1.54, 1.807) is 25.1 Å². The van der Waals surface area contributed by atoms with Gasteiger partial charge >= 0.3 is 5.97 Å². The van der Waals surface area contributed by atoms with Crippen LogP contribution in [0.1, 0.15) is 12.5 Å². The standard InChI is InChI=1S/C10H8ClNO2S/c1-6(10(13)14)15-9-4-2-3-8(11)7(9)5-12/h2-4,6H,1H3,(H,13,14). The maximum Gasteiger partial charge on any atom is 0.316 e. The first-order chi connectivity index (χ1) is 7.06. The number of nitrogens with zero attached hydrogens (tertiary/aromatic N) is 1. The number of carboxylic acid groups (broad SMARTS) is 1. The van der Waals surface area contributed by atoms with E-state index in [0.29, 0.717) is 15.5 Å². The van der Waals surface area contributed by atoms with E-state index in [9.17, 15) is 4.79 Å². The molecule has 0 fully saturated rings. The molecule has 0 bridgehead atoms. The van der Waals surface area contributed by atoms with Gasteiger partial charge in [-0.2, -0.15) is 5.26 Å². The minimum atomic E-state index is -0.913. The molecule has 1 rings (SSSR count). The zero-order valence-corrected chi connectivity index (χ0v) is 9.47. The summed E-state index contributed by atoms with van der Waals surface area (Å²) in [5.41, 5.74) is 0.331. The van der Waals surface area contributed by atoms with E-state index in [1.165, 1.54) is 0 Å². The third kappa shape index (κ3) is 2.88. The van der Waals surface area contributed by atoms with Crippen LogP contribution in [0.2, 0.25) is 5.02 Å². The van der Waals surface area contributed by atoms with Gasteiger partial charge in [0.15, 0.2) is 0 Å². The van der Waals surface area contributed by atoms with Crippen molar-refractivity contribution in [2.45, 2.75) is 17.1 Å². The summed E-state index contributed by atoms with van der Waals surface area (Å²) in [4.78, 5) is 11.2. The quantitative estimate of drug-likeness (QED) is 0.827. The Balaban J connectivity index is 3.01. The van der Waals surface area contributed by atoms with Gasteiger partial charge in [0.2, 0.25) is 0 Å². The first-order valence-corrected chi connectivity index (χ1v) is 5.40. The number of hydrogen-bond acceptors (Lipinski definition) is 3. The lowest BCUT2D eigenvalue weighted by Gasteiger charge is -2.08. The molecule has 0 aliphatic carbocycles. The van der Waals surface area contributed by atoms with E-state index >= 15 is 0 Å². The van der Waals surface area contributed by atoms with E-state index in [-0.39, 0.29) is 0 Å². The fraction of sp³-hybridized carbons (Fsp3) is 0.200. The van der Waals surface area contributed by atoms with Gasteiger partial charge in [-0.15, -0.1) is 11.8 Å². The van der Waals surface area contributed by atoms with Crippen molar-refractivity contribution in [1.82, 2.24) is 0 Å². The third-order valence-corrected chi connectivity index (χ3v) is 3.20. The van der Waals surface area contributed by atoms with Crippen molar-refractivity contribution >= 4 is 29.3 Å². The molecular formula is C10H8ClNO2S. The predicted molar refractivity (Wildman–Crippen MR) is 59.1 cm³/mol. The van der Waals surface area contributed by atoms with Crippen molar-refractivity contribution in [3.8, 4) is 6.07 Å². The fourth-order valence-electron chi connectivity index (χ4n) is 0.952. The van der Waals surface area contributed by atoms with Crippen LogP contribution in [0.25, 0.3) is 0 Å². The second-order valence-electron chi connectivity index (χ2n) is 2.82. The number of halogens is 1. The van der Waals surface area contributed by atoms with Crippen LogP contribution in [0.3, 0.4) is 0 Å². The van der Waals surface area contributed by atoms with E-state index in [1.807, 2.05) is 6.07 Å². The van der Waals surface area contributed by atoms with Gasteiger partial charge in [0.25, 0.3) is 0 Å². The van der Waals surface area contributed by atoms with E-state index in [2.05, 4.69) is 0 Å². The van der Waals surface area contributed by atoms with Crippen LogP contribution in [0.15, 0.2) is 23.1 Å². The van der Waals surface area contributed by atoms with Crippen LogP contribution >= 0.6 is 23.4 Å². The summed E-state index contributed by atoms with van der Waals surface area (Å²) in [5.74, 6) is -0.913. The molecule has 1 N–H and O–H groups in total. The molecule has 0 spiro atoms. The molecule has 1 aromatic carbocycles. The van der Waals surface area contributed by atoms with Crippen molar-refractivity contribution in [3.63, 3.8) is 0 Å². The Bertz CT molecular complexity index is 428. The molecule has 0 aliphatic rings. The summed E-state index contributed by atoms with van der Waals surface area (Å²) >= 11 is 6.92. The van der Waals surface area contributed by atoms with Gasteiger partial charge < -0.3 is 5.11 Å². The number of carboxylic acids is 1. The molecule has 0 aromatic heterocycles. The van der Waals surface area contributed by atoms with Gasteiger partial charge in [-0.25, -0.2) is 0 Å². The molecule has 15 heavy (non-hydrogen) atoms. The second kappa shape index (κ2) is 5.06. The van der Waals surface area contributed by atoms with Crippen molar-refractivity contribution in [3.05, 3.63) is 28.8 Å². The molecule has 0 saturated carbocycles. The topological polar surface area (TPSA) is 61.1 Å². The first kappa shape index (κ1) is 11.9. The number of benzene rings is 1. The summed E-state index contributed by atoms with van der Waals surface area (Å²) in [6, 6.07) is 6.95. The molecule has 0 amide bonds. The van der Waals surface area contributed by atoms with Gasteiger partial charge in [0, 0.05) is 4.90 Å². The predicted octanol–water partition coefficient (Wildman–Crippen LogP) is 2.78. The number of carbonyl (C=O) groups is 1. The Kier molecular flexibility index (Phi) is 4.01. The molecule has 1 aromatic rings. The Hall–Kier alpha value is -1.18. The highest BCUT2D eigenvalue weighted by Gasteiger charge is 2.15. The molecule has 1 atom stereocenters. The van der Waals surface area contributed by atoms with Crippen LogP contribution in [0.5, 0.6) is 0 Å². The summed E-state index contributed by atoms with van der Waals surface area (Å²) < 4.78 is 0. The molecule has 0 saturated heterocycles. The lowest BCUT2D eigenvalue weighted by Crippen LogP contribution is -2.11. The molecule has 78 valence electrons. The maximum atomic E-state index is 10.7. The van der Waals surface area contributed by atoms with Crippen molar-refractivity contribution < 1.29 is 9.90 Å². The molecule has 0 aliphatic heterocycles. The summed E-state index contributed by atoms with van der Waals surface area (Å²) in [5, 5.41) is 17.3. The molecular weight excluding hydrogens is 234 g/mol. The van der Waals surface area contributed by atoms with Crippen molar-refractivity contribution in [2.24, 2.45) is 0 Å². The fourth-order valence-corrected chi connectivity index (χ4v) is 2.14. The Morgan fingerprint density at radius 3 is 2.87 bits per heavy atom. The first-order valence-electron chi connectivity index (χ1n) is 4.14. The monoisotopic (exact) mass is 241 g/mol. The molecule has 0 heterocycles. The highest BCUT2D eigenvalue weighted by Crippen LogP contribution is 2.30. The van der Waals surface area contributed by atoms with E-state index < -0.39 is 11.2 Å². The average molecular weight is 242 g/mol. The van der Waals surface area contributed by atoms with Gasteiger partial charge in [-0.3, -0.25) is 4.79 Å². The maximum absolute atomic E-state index is 10.7. The van der Waals surface area contributed by atoms with Crippen LogP contribution in [0.4, 0.5) is 0 Å². The van der Waals surface area contributed by atoms with Gasteiger partial charge in [-0.05, 0) is 19.1 Å². The Morgan fingerprint density at radius 1 is 1.67 bits per heavy atom. The SMILES string of the molecule is CC(Sc1cccc(Cl)c1C#N)C(=O)O. The second-order valence-corrected chi connectivity index (χ2v) is 4.61. The minimum Gasteiger partial charge on any atom is -0.480 e. The van der Waals surface area contributed by atoms with Gasteiger partial charge in [0.05, 0.1) is 10.6 Å². The van der Waals surface area contributed by atoms with Crippen molar-refractivity contribution in [1.29, 1.82) is 5.26 Å². The number of rotatable bonds is 3. The van der Waals surface area contributed by atoms with Crippen LogP contribution in [0, 0.1) is 11.3 Å². The van der Waals surface area contributed by atoms with E-state index in [4.69, 9.17) is 22.0 Å². The van der Waals surface area contributed by atoms with Gasteiger partial charge in [-0.1, -0.05) is 17.7 Å². The summed E-state index contributed by atoms with van der Waals surface area (Å²) in [7, 11) is 0. The normalized spacial score (nSPS) is 11.8. The van der Waals surface area contributed by atoms with Crippen LogP contribution in [-0.4, -0.2) is 16.3 Å². The van der Waals surface area contributed by atoms with Crippen molar-refractivity contribution in [2.75, 3.05) is 0 Å². The zero-order chi connectivity index (χ0) is 11.4. The Labute approximate surface area is 96.7 Å². The van der Waals surface area contributed by atoms with Crippen LogP contribution in [-0.2, 0) is 4.79 Å². The largest absolute Gasteiger partial charge is 0.480 e. The third-order valence-electron chi connectivity index (χ3n) is 1.74. The van der Waals surface area contributed by atoms with Crippen LogP contribution < -0.4 is 0 Å². The smallest absolute Gasteiger partial charge is 0.316 e. The van der Waals surface area contributed by atoms with E-state index in [0.717, 1.165) is 11.8 Å². The lowest BCUT2D eigenvalue weighted by molar-refractivity contribution is -0.136. The summed E-state index contributed by atoms with van der Waals surface area (Å²) in [6.45, 7) is 1.56.